The van der Waals surface area contributed by atoms with Gasteiger partial charge in [-0.25, -0.2) is 0 Å². The number of nitrogens with one attached hydrogen (secondary N) is 1. The molecule has 1 N–H and O–H groups in total. The van der Waals surface area contributed by atoms with Gasteiger partial charge in [0.15, 0.2) is 0 Å². The molecule has 0 amide bonds. The van der Waals surface area contributed by atoms with E-state index in [1.807, 2.05) is 0 Å². The van der Waals surface area contributed by atoms with Gasteiger partial charge in [0.25, 0.3) is 0 Å². The highest BCUT2D eigenvalue weighted by atomic mass is 79.9. The fraction of sp³-hybridized carbons (Fsp3) is 0.625. The average molecular weight is 325 g/mol. The lowest BCUT2D eigenvalue weighted by Gasteiger charge is -2.25. The number of rotatable bonds is 4. The maximum atomic E-state index is 3.76. The Labute approximate surface area is 125 Å². The number of hydrogen-bond donors (Lipinski definition) is 1. The summed E-state index contributed by atoms with van der Waals surface area (Å²) < 4.78 is 1.23. The lowest BCUT2D eigenvalue weighted by Crippen LogP contribution is -2.24. The maximum absolute atomic E-state index is 3.76. The van der Waals surface area contributed by atoms with Crippen molar-refractivity contribution in [3.63, 3.8) is 0 Å². The average Bonchev–Trinajstić information content (AvgIpc) is 2.67. The number of hydrogen-bond acceptors (Lipinski definition) is 2. The Balaban J connectivity index is 2.13. The summed E-state index contributed by atoms with van der Waals surface area (Å²) in [6.45, 7) is 7.77. The summed E-state index contributed by atoms with van der Waals surface area (Å²) in [7, 11) is 0. The highest BCUT2D eigenvalue weighted by Gasteiger charge is 2.14. The van der Waals surface area contributed by atoms with Crippen LogP contribution in [0.3, 0.4) is 0 Å². The number of benzene rings is 1. The predicted molar refractivity (Wildman–Crippen MR) is 86.9 cm³/mol. The second-order valence-electron chi connectivity index (χ2n) is 5.39. The van der Waals surface area contributed by atoms with Gasteiger partial charge in [-0.1, -0.05) is 25.8 Å². The summed E-state index contributed by atoms with van der Waals surface area (Å²) in [4.78, 5) is 2.53. The first-order valence-electron chi connectivity index (χ1n) is 7.50. The molecule has 19 heavy (non-hydrogen) atoms. The molecule has 106 valence electrons. The SMILES string of the molecule is CCNC(C)c1ccc(N2CCCCCC2)c(Br)c1. The van der Waals surface area contributed by atoms with Crippen LogP contribution in [0.5, 0.6) is 0 Å². The van der Waals surface area contributed by atoms with Crippen molar-refractivity contribution in [2.24, 2.45) is 0 Å². The highest BCUT2D eigenvalue weighted by Crippen LogP contribution is 2.30. The second kappa shape index (κ2) is 7.30. The molecule has 2 nitrogen and oxygen atoms in total. The van der Waals surface area contributed by atoms with E-state index in [-0.39, 0.29) is 0 Å². The van der Waals surface area contributed by atoms with Gasteiger partial charge in [0.05, 0.1) is 5.69 Å². The minimum absolute atomic E-state index is 0.416. The fourth-order valence-corrected chi connectivity index (χ4v) is 3.43. The summed E-state index contributed by atoms with van der Waals surface area (Å²) in [6, 6.07) is 7.23. The minimum atomic E-state index is 0.416. The third-order valence-corrected chi connectivity index (χ3v) is 4.56. The minimum Gasteiger partial charge on any atom is -0.371 e. The number of nitrogens with zero attached hydrogens (tertiary/aromatic N) is 1. The van der Waals surface area contributed by atoms with Crippen molar-refractivity contribution < 1.29 is 0 Å². The molecule has 0 aromatic heterocycles. The van der Waals surface area contributed by atoms with Crippen LogP contribution in [0.2, 0.25) is 0 Å². The molecule has 1 saturated heterocycles. The number of halogens is 1. The van der Waals surface area contributed by atoms with E-state index in [0.29, 0.717) is 6.04 Å². The molecule has 2 rings (SSSR count). The van der Waals surface area contributed by atoms with Crippen LogP contribution in [-0.4, -0.2) is 19.6 Å². The van der Waals surface area contributed by atoms with E-state index in [2.05, 4.69) is 58.2 Å². The van der Waals surface area contributed by atoms with Crippen LogP contribution in [-0.2, 0) is 0 Å². The topological polar surface area (TPSA) is 15.3 Å². The summed E-state index contributed by atoms with van der Waals surface area (Å²) >= 11 is 3.76. The lowest BCUT2D eigenvalue weighted by atomic mass is 10.1. The van der Waals surface area contributed by atoms with Crippen molar-refractivity contribution in [1.29, 1.82) is 0 Å². The first kappa shape index (κ1) is 14.9. The van der Waals surface area contributed by atoms with E-state index >= 15 is 0 Å². The van der Waals surface area contributed by atoms with E-state index in [9.17, 15) is 0 Å². The van der Waals surface area contributed by atoms with Crippen LogP contribution >= 0.6 is 15.9 Å². The van der Waals surface area contributed by atoms with Gasteiger partial charge in [0.1, 0.15) is 0 Å². The van der Waals surface area contributed by atoms with E-state index in [1.165, 1.54) is 54.5 Å². The third kappa shape index (κ3) is 3.96. The molecule has 0 saturated carbocycles. The molecule has 1 unspecified atom stereocenters. The predicted octanol–water partition coefficient (Wildman–Crippen LogP) is 4.50. The van der Waals surface area contributed by atoms with Gasteiger partial charge in [-0.2, -0.15) is 0 Å². The zero-order valence-electron chi connectivity index (χ0n) is 12.1. The van der Waals surface area contributed by atoms with Gasteiger partial charge >= 0.3 is 0 Å². The Kier molecular flexibility index (Phi) is 5.71. The quantitative estimate of drug-likeness (QED) is 0.877. The van der Waals surface area contributed by atoms with Gasteiger partial charge in [-0.15, -0.1) is 0 Å². The van der Waals surface area contributed by atoms with Crippen LogP contribution < -0.4 is 10.2 Å². The molecular weight excluding hydrogens is 300 g/mol. The molecule has 1 atom stereocenters. The van der Waals surface area contributed by atoms with E-state index in [4.69, 9.17) is 0 Å². The van der Waals surface area contributed by atoms with Gasteiger partial charge in [-0.05, 0) is 59.9 Å². The van der Waals surface area contributed by atoms with Gasteiger partial charge in [0, 0.05) is 23.6 Å². The molecule has 0 radical (unpaired) electrons. The van der Waals surface area contributed by atoms with E-state index in [0.717, 1.165) is 6.54 Å². The smallest absolute Gasteiger partial charge is 0.0510 e. The van der Waals surface area contributed by atoms with Crippen LogP contribution in [0.4, 0.5) is 5.69 Å². The molecule has 1 fully saturated rings. The molecule has 1 aromatic rings. The molecule has 1 heterocycles. The normalized spacial score (nSPS) is 18.2. The monoisotopic (exact) mass is 324 g/mol. The molecule has 3 heteroatoms. The first-order chi connectivity index (χ1) is 9.22. The molecular formula is C16H25BrN2. The van der Waals surface area contributed by atoms with Crippen molar-refractivity contribution in [1.82, 2.24) is 5.32 Å². The zero-order valence-corrected chi connectivity index (χ0v) is 13.7. The summed E-state index contributed by atoms with van der Waals surface area (Å²) in [5.41, 5.74) is 2.71. The van der Waals surface area contributed by atoms with Crippen molar-refractivity contribution >= 4 is 21.6 Å². The standard InChI is InChI=1S/C16H25BrN2/c1-3-18-13(2)14-8-9-16(15(17)12-14)19-10-6-4-5-7-11-19/h8-9,12-13,18H,3-7,10-11H2,1-2H3. The van der Waals surface area contributed by atoms with Crippen LogP contribution in [0.25, 0.3) is 0 Å². The third-order valence-electron chi connectivity index (χ3n) is 3.93. The van der Waals surface area contributed by atoms with Crippen LogP contribution in [0, 0.1) is 0 Å². The van der Waals surface area contributed by atoms with E-state index < -0.39 is 0 Å². The van der Waals surface area contributed by atoms with Crippen molar-refractivity contribution in [2.75, 3.05) is 24.5 Å². The van der Waals surface area contributed by atoms with Gasteiger partial charge in [-0.3, -0.25) is 0 Å². The van der Waals surface area contributed by atoms with E-state index in [1.54, 1.807) is 0 Å². The van der Waals surface area contributed by atoms with Gasteiger partial charge < -0.3 is 10.2 Å². The first-order valence-corrected chi connectivity index (χ1v) is 8.29. The molecule has 1 aromatic carbocycles. The van der Waals surface area contributed by atoms with Crippen molar-refractivity contribution in [3.05, 3.63) is 28.2 Å². The Hall–Kier alpha value is -0.540. The zero-order chi connectivity index (χ0) is 13.7. The maximum Gasteiger partial charge on any atom is 0.0510 e. The molecule has 0 bridgehead atoms. The van der Waals surface area contributed by atoms with Crippen molar-refractivity contribution in [2.45, 2.75) is 45.6 Å². The molecule has 0 spiro atoms. The summed E-state index contributed by atoms with van der Waals surface area (Å²) in [5, 5.41) is 3.46. The Morgan fingerprint density at radius 3 is 2.47 bits per heavy atom. The van der Waals surface area contributed by atoms with Crippen LogP contribution in [0.1, 0.15) is 51.1 Å². The van der Waals surface area contributed by atoms with Crippen molar-refractivity contribution in [3.8, 4) is 0 Å². The Morgan fingerprint density at radius 1 is 1.21 bits per heavy atom. The second-order valence-corrected chi connectivity index (χ2v) is 6.25. The van der Waals surface area contributed by atoms with Crippen LogP contribution in [0.15, 0.2) is 22.7 Å². The lowest BCUT2D eigenvalue weighted by molar-refractivity contribution is 0.598. The molecule has 1 aliphatic heterocycles. The Bertz CT molecular complexity index is 398. The summed E-state index contributed by atoms with van der Waals surface area (Å²) in [5.74, 6) is 0. The largest absolute Gasteiger partial charge is 0.371 e. The number of anilines is 1. The highest BCUT2D eigenvalue weighted by molar-refractivity contribution is 9.10. The Morgan fingerprint density at radius 2 is 1.89 bits per heavy atom. The molecule has 1 aliphatic rings. The van der Waals surface area contributed by atoms with Gasteiger partial charge in [0.2, 0.25) is 0 Å². The summed E-state index contributed by atoms with van der Waals surface area (Å²) in [6.07, 6.45) is 5.40. The fourth-order valence-electron chi connectivity index (χ4n) is 2.78. The molecule has 0 aliphatic carbocycles.